The van der Waals surface area contributed by atoms with E-state index < -0.39 is 102 Å². The van der Waals surface area contributed by atoms with E-state index in [1.807, 2.05) is 0 Å². The predicted octanol–water partition coefficient (Wildman–Crippen LogP) is 16.2. The van der Waals surface area contributed by atoms with Gasteiger partial charge in [0, 0.05) is 52.0 Å². The van der Waals surface area contributed by atoms with Crippen molar-refractivity contribution in [2.75, 3.05) is 65.9 Å². The van der Waals surface area contributed by atoms with Crippen LogP contribution in [0.15, 0.2) is 24.3 Å². The molecule has 0 saturated heterocycles. The average molecular weight is 1520 g/mol. The van der Waals surface area contributed by atoms with Crippen LogP contribution in [0.5, 0.6) is 0 Å². The molecule has 0 heterocycles. The molecule has 0 radical (unpaired) electrons. The first kappa shape index (κ1) is 100. The molecule has 8 atom stereocenters. The summed E-state index contributed by atoms with van der Waals surface area (Å²) in [4.78, 5) is 100. The third-order valence-corrected chi connectivity index (χ3v) is 19.6. The lowest BCUT2D eigenvalue weighted by atomic mass is 10.1. The maximum atomic E-state index is 13.7. The minimum atomic E-state index is -4.77. The van der Waals surface area contributed by atoms with Crippen LogP contribution in [0, 0.1) is 0 Å². The van der Waals surface area contributed by atoms with Gasteiger partial charge in [0.2, 0.25) is 23.6 Å². The standard InChI is InChI=1S/C78H148N4O20P2/c1-7-13-19-25-27-29-31-37-43-49-77(89)101-71(47-41-35-23-17-11-5)61-75(87)81-67(63-95-57-53-69(83)45-39-33-21-15-9-3)65-99-103(91,92)97-59-55-79-73(85)51-52-74(86)80-56-60-98-104(93,94)100-66-68(64-96-58-54-70(84)46-40-34-22-16-10-4)82-76(88)62-72(48-42-36-24-18-12-6)102-78(90)50-44-38-32-30-28-26-20-14-8-2/h29-32,67-72,83-84H,7-28,33-66H2,1-6H3,(H,79,85)(H,80,86)(H,81,87)(H,82,88)(H,91,92)(H,93,94)/t67?,68?,69-,70-,71-,72-/m1/s1. The smallest absolute Gasteiger partial charge is 0.462 e. The predicted molar refractivity (Wildman–Crippen MR) is 411 cm³/mol. The molecule has 0 fully saturated rings. The molecule has 0 bridgehead atoms. The molecule has 0 aliphatic carbocycles. The Morgan fingerprint density at radius 1 is 0.346 bits per heavy atom. The molecule has 0 aromatic rings. The van der Waals surface area contributed by atoms with Gasteiger partial charge in [-0.1, -0.05) is 220 Å². The lowest BCUT2D eigenvalue weighted by Gasteiger charge is -2.23. The number of amides is 4. The summed E-state index contributed by atoms with van der Waals surface area (Å²) in [6.07, 6.45) is 43.0. The summed E-state index contributed by atoms with van der Waals surface area (Å²) >= 11 is 0. The van der Waals surface area contributed by atoms with Crippen molar-refractivity contribution in [3.05, 3.63) is 24.3 Å². The number of carbonyl (C=O) groups is 6. The number of hydrogen-bond acceptors (Lipinski definition) is 18. The third-order valence-electron chi connectivity index (χ3n) is 17.6. The lowest BCUT2D eigenvalue weighted by molar-refractivity contribution is -0.152. The van der Waals surface area contributed by atoms with Gasteiger partial charge in [-0.2, -0.15) is 0 Å². The van der Waals surface area contributed by atoms with Crippen molar-refractivity contribution < 1.29 is 94.9 Å². The summed E-state index contributed by atoms with van der Waals surface area (Å²) in [7, 11) is -9.55. The first-order chi connectivity index (χ1) is 50.2. The van der Waals surface area contributed by atoms with Crippen molar-refractivity contribution in [1.82, 2.24) is 21.3 Å². The molecule has 0 aromatic carbocycles. The average Bonchev–Trinajstić information content (AvgIpc) is 1.50. The number of rotatable bonds is 77. The maximum absolute atomic E-state index is 13.7. The van der Waals surface area contributed by atoms with E-state index in [0.717, 1.165) is 167 Å². The van der Waals surface area contributed by atoms with E-state index in [-0.39, 0.29) is 90.0 Å². The monoisotopic (exact) mass is 1520 g/mol. The van der Waals surface area contributed by atoms with Crippen LogP contribution >= 0.6 is 15.6 Å². The zero-order chi connectivity index (χ0) is 76.8. The summed E-state index contributed by atoms with van der Waals surface area (Å²) < 4.78 is 70.6. The Balaban J connectivity index is 5.55. The van der Waals surface area contributed by atoms with Crippen LogP contribution in [-0.4, -0.2) is 158 Å². The van der Waals surface area contributed by atoms with Gasteiger partial charge < -0.3 is 60.2 Å². The Morgan fingerprint density at radius 3 is 0.990 bits per heavy atom. The van der Waals surface area contributed by atoms with Crippen LogP contribution in [0.1, 0.15) is 337 Å². The normalized spacial score (nSPS) is 14.7. The third kappa shape index (κ3) is 67.7. The van der Waals surface area contributed by atoms with Gasteiger partial charge in [0.05, 0.1) is 76.8 Å². The highest BCUT2D eigenvalue weighted by Crippen LogP contribution is 2.44. The largest absolute Gasteiger partial charge is 0.472 e. The van der Waals surface area contributed by atoms with Gasteiger partial charge in [0.1, 0.15) is 12.2 Å². The molecule has 0 spiro atoms. The van der Waals surface area contributed by atoms with Crippen LogP contribution < -0.4 is 21.3 Å². The van der Waals surface area contributed by atoms with Crippen LogP contribution in [-0.2, 0) is 74.9 Å². The fraction of sp³-hybridized carbons (Fsp3) is 0.872. The number of allylic oxidation sites excluding steroid dienone is 4. The maximum Gasteiger partial charge on any atom is 0.472 e. The van der Waals surface area contributed by atoms with E-state index in [0.29, 0.717) is 51.4 Å². The van der Waals surface area contributed by atoms with E-state index in [2.05, 4.69) is 87.1 Å². The van der Waals surface area contributed by atoms with Crippen LogP contribution in [0.2, 0.25) is 0 Å². The van der Waals surface area contributed by atoms with Crippen molar-refractivity contribution in [2.45, 2.75) is 373 Å². The van der Waals surface area contributed by atoms with Crippen LogP contribution in [0.3, 0.4) is 0 Å². The minimum Gasteiger partial charge on any atom is -0.462 e. The van der Waals surface area contributed by atoms with E-state index >= 15 is 0 Å². The van der Waals surface area contributed by atoms with Crippen molar-refractivity contribution >= 4 is 51.2 Å². The molecule has 0 aromatic heterocycles. The molecule has 4 amide bonds. The highest BCUT2D eigenvalue weighted by Gasteiger charge is 2.29. The van der Waals surface area contributed by atoms with Gasteiger partial charge in [0.25, 0.3) is 0 Å². The molecule has 610 valence electrons. The van der Waals surface area contributed by atoms with E-state index in [1.54, 1.807) is 0 Å². The highest BCUT2D eigenvalue weighted by molar-refractivity contribution is 7.47. The molecule has 8 N–H and O–H groups in total. The number of carbonyl (C=O) groups excluding carboxylic acids is 6. The number of nitrogens with one attached hydrogen (secondary N) is 4. The number of phosphoric acid groups is 2. The SMILES string of the molecule is CCCCCCC=CCCCC(=O)O[C@H](CCCCCCC)CC(=O)NC(COCC[C@H](O)CCCCCCC)COP(=O)(O)OCCNC(=O)CCC(=O)NCCOP(=O)(O)OCC(COCC[C@H](O)CCCCCCC)NC(=O)C[C@@H](CCCCCCC)OC(=O)CCCC=CCCCCCC. The van der Waals surface area contributed by atoms with Gasteiger partial charge in [0.15, 0.2) is 0 Å². The fourth-order valence-electron chi connectivity index (χ4n) is 11.4. The van der Waals surface area contributed by atoms with E-state index in [1.165, 1.54) is 38.5 Å². The molecular formula is C78H148N4O20P2. The molecule has 0 saturated carbocycles. The van der Waals surface area contributed by atoms with Gasteiger partial charge in [-0.05, 0) is 103 Å². The Labute approximate surface area is 628 Å². The Bertz CT molecular complexity index is 2120. The van der Waals surface area contributed by atoms with Crippen molar-refractivity contribution in [2.24, 2.45) is 0 Å². The van der Waals surface area contributed by atoms with Crippen LogP contribution in [0.25, 0.3) is 0 Å². The first-order valence-corrected chi connectivity index (χ1v) is 43.8. The summed E-state index contributed by atoms with van der Waals surface area (Å²) in [5.74, 6) is -2.89. The Hall–Kier alpha value is -3.64. The zero-order valence-corrected chi connectivity index (χ0v) is 67.4. The molecule has 4 unspecified atom stereocenters. The number of hydrogen-bond donors (Lipinski definition) is 8. The fourth-order valence-corrected chi connectivity index (χ4v) is 12.9. The second-order valence-electron chi connectivity index (χ2n) is 27.8. The first-order valence-electron chi connectivity index (χ1n) is 40.8. The second kappa shape index (κ2) is 71.0. The summed E-state index contributed by atoms with van der Waals surface area (Å²) in [5, 5.41) is 31.8. The summed E-state index contributed by atoms with van der Waals surface area (Å²) in [6, 6.07) is -1.89. The molecule has 26 heteroatoms. The Kier molecular flexibility index (Phi) is 68.5. The number of unbranched alkanes of at least 4 members (excludes halogenated alkanes) is 26. The van der Waals surface area contributed by atoms with E-state index in [4.69, 9.17) is 37.0 Å². The zero-order valence-electron chi connectivity index (χ0n) is 65.6. The molecule has 0 rings (SSSR count). The number of aliphatic hydroxyl groups is 2. The molecule has 0 aliphatic heterocycles. The number of esters is 2. The second-order valence-corrected chi connectivity index (χ2v) is 30.7. The van der Waals surface area contributed by atoms with Crippen LogP contribution in [0.4, 0.5) is 0 Å². The number of phosphoric ester groups is 2. The minimum absolute atomic E-state index is 0.135. The lowest BCUT2D eigenvalue weighted by Crippen LogP contribution is -2.43. The van der Waals surface area contributed by atoms with Crippen molar-refractivity contribution in [3.63, 3.8) is 0 Å². The molecular weight excluding hydrogens is 1370 g/mol. The van der Waals surface area contributed by atoms with Crippen molar-refractivity contribution in [3.8, 4) is 0 Å². The topological polar surface area (TPSA) is 339 Å². The highest BCUT2D eigenvalue weighted by atomic mass is 31.2. The quantitative estimate of drug-likeness (QED) is 0.0121. The van der Waals surface area contributed by atoms with Gasteiger partial charge in [-0.25, -0.2) is 9.13 Å². The number of aliphatic hydroxyl groups excluding tert-OH is 2. The molecule has 104 heavy (non-hydrogen) atoms. The number of ether oxygens (including phenoxy) is 4. The van der Waals surface area contributed by atoms with E-state index in [9.17, 15) is 57.9 Å². The van der Waals surface area contributed by atoms with Gasteiger partial charge in [-0.3, -0.25) is 46.9 Å². The van der Waals surface area contributed by atoms with Crippen molar-refractivity contribution in [1.29, 1.82) is 0 Å². The summed E-state index contributed by atoms with van der Waals surface area (Å²) in [5.41, 5.74) is 0. The molecule has 24 nitrogen and oxygen atoms in total. The summed E-state index contributed by atoms with van der Waals surface area (Å²) in [6.45, 7) is 10.5. The Morgan fingerprint density at radius 2 is 0.654 bits per heavy atom. The molecule has 0 aliphatic rings. The van der Waals surface area contributed by atoms with Gasteiger partial charge in [-0.15, -0.1) is 0 Å². The van der Waals surface area contributed by atoms with Gasteiger partial charge >= 0.3 is 27.6 Å².